The Hall–Kier alpha value is -1.26. The number of aromatic hydroxyl groups is 1. The van der Waals surface area contributed by atoms with Gasteiger partial charge in [-0.1, -0.05) is 11.6 Å². The first-order valence-electron chi connectivity index (χ1n) is 6.97. The second-order valence-electron chi connectivity index (χ2n) is 5.30. The summed E-state index contributed by atoms with van der Waals surface area (Å²) < 4.78 is 0. The first-order chi connectivity index (χ1) is 9.52. The van der Waals surface area contributed by atoms with Gasteiger partial charge >= 0.3 is 0 Å². The smallest absolute Gasteiger partial charge is 0.222 e. The lowest BCUT2D eigenvalue weighted by Crippen LogP contribution is -2.40. The van der Waals surface area contributed by atoms with E-state index >= 15 is 0 Å². The van der Waals surface area contributed by atoms with Gasteiger partial charge in [-0.15, -0.1) is 0 Å². The number of benzene rings is 1. The van der Waals surface area contributed by atoms with E-state index in [-0.39, 0.29) is 23.6 Å². The number of rotatable bonds is 3. The number of amides is 1. The number of nitrogens with one attached hydrogen (secondary N) is 1. The van der Waals surface area contributed by atoms with Crippen LogP contribution in [0.15, 0.2) is 18.2 Å². The van der Waals surface area contributed by atoms with Crippen LogP contribution in [-0.4, -0.2) is 36.1 Å². The highest BCUT2D eigenvalue weighted by molar-refractivity contribution is 6.30. The van der Waals surface area contributed by atoms with Gasteiger partial charge in [-0.2, -0.15) is 0 Å². The Morgan fingerprint density at radius 3 is 2.70 bits per heavy atom. The first kappa shape index (κ1) is 15.1. The van der Waals surface area contributed by atoms with Crippen LogP contribution in [0.2, 0.25) is 5.02 Å². The lowest BCUT2D eigenvalue weighted by atomic mass is 9.93. The third-order valence-electron chi connectivity index (χ3n) is 4.13. The van der Waals surface area contributed by atoms with Crippen LogP contribution in [0.4, 0.5) is 0 Å². The summed E-state index contributed by atoms with van der Waals surface area (Å²) in [4.78, 5) is 13.9. The topological polar surface area (TPSA) is 52.6 Å². The fourth-order valence-corrected chi connectivity index (χ4v) is 2.99. The van der Waals surface area contributed by atoms with Crippen LogP contribution in [-0.2, 0) is 4.79 Å². The van der Waals surface area contributed by atoms with Crippen molar-refractivity contribution in [2.75, 3.05) is 20.1 Å². The molecule has 1 aromatic carbocycles. The molecular weight excluding hydrogens is 276 g/mol. The van der Waals surface area contributed by atoms with Gasteiger partial charge in [0.15, 0.2) is 0 Å². The number of halogens is 1. The van der Waals surface area contributed by atoms with Crippen molar-refractivity contribution in [3.05, 3.63) is 28.8 Å². The van der Waals surface area contributed by atoms with Crippen LogP contribution in [0.5, 0.6) is 5.75 Å². The highest BCUT2D eigenvalue weighted by Crippen LogP contribution is 2.33. The molecular formula is C15H21ClN2O2. The van der Waals surface area contributed by atoms with Crippen molar-refractivity contribution >= 4 is 17.5 Å². The van der Waals surface area contributed by atoms with Crippen LogP contribution in [0.25, 0.3) is 0 Å². The van der Waals surface area contributed by atoms with E-state index in [0.29, 0.717) is 5.02 Å². The van der Waals surface area contributed by atoms with E-state index in [2.05, 4.69) is 17.1 Å². The Labute approximate surface area is 124 Å². The standard InChI is InChI=1S/C15H21ClN2O2/c1-10(13-9-12(16)3-4-14(13)19)18-7-5-11(6-8-18)15(20)17-2/h3-4,9-11,19H,5-8H2,1-2H3,(H,17,20). The van der Waals surface area contributed by atoms with E-state index in [9.17, 15) is 9.90 Å². The SMILES string of the molecule is CNC(=O)C1CCN(C(C)c2cc(Cl)ccc2O)CC1. The number of likely N-dealkylation sites (tertiary alicyclic amines) is 1. The van der Waals surface area contributed by atoms with Crippen LogP contribution in [0, 0.1) is 5.92 Å². The number of nitrogens with zero attached hydrogens (tertiary/aromatic N) is 1. The number of hydrogen-bond donors (Lipinski definition) is 2. The fraction of sp³-hybridized carbons (Fsp3) is 0.533. The van der Waals surface area contributed by atoms with E-state index in [4.69, 9.17) is 11.6 Å². The molecule has 2 N–H and O–H groups in total. The Bertz CT molecular complexity index is 485. The van der Waals surface area contributed by atoms with Gasteiger partial charge in [0.2, 0.25) is 5.91 Å². The van der Waals surface area contributed by atoms with Gasteiger partial charge in [0.25, 0.3) is 0 Å². The first-order valence-corrected chi connectivity index (χ1v) is 7.34. The van der Waals surface area contributed by atoms with Crippen LogP contribution in [0.3, 0.4) is 0 Å². The molecule has 4 nitrogen and oxygen atoms in total. The van der Waals surface area contributed by atoms with E-state index < -0.39 is 0 Å². The Morgan fingerprint density at radius 1 is 1.45 bits per heavy atom. The van der Waals surface area contributed by atoms with Crippen molar-refractivity contribution in [3.8, 4) is 5.75 Å². The number of piperidine rings is 1. The predicted molar refractivity (Wildman–Crippen MR) is 79.9 cm³/mol. The number of carbonyl (C=O) groups excluding carboxylic acids is 1. The van der Waals surface area contributed by atoms with Crippen LogP contribution < -0.4 is 5.32 Å². The Balaban J connectivity index is 2.03. The number of phenolic OH excluding ortho intramolecular Hbond substituents is 1. The molecule has 1 aliphatic rings. The summed E-state index contributed by atoms with van der Waals surface area (Å²) in [5, 5.41) is 13.3. The number of carbonyl (C=O) groups is 1. The Morgan fingerprint density at radius 2 is 2.10 bits per heavy atom. The molecule has 1 unspecified atom stereocenters. The van der Waals surface area contributed by atoms with Gasteiger partial charge in [-0.25, -0.2) is 0 Å². The molecule has 0 saturated carbocycles. The van der Waals surface area contributed by atoms with Gasteiger partial charge in [0, 0.05) is 29.6 Å². The van der Waals surface area contributed by atoms with Gasteiger partial charge in [-0.3, -0.25) is 9.69 Å². The highest BCUT2D eigenvalue weighted by Gasteiger charge is 2.28. The summed E-state index contributed by atoms with van der Waals surface area (Å²) in [6.07, 6.45) is 1.71. The van der Waals surface area contributed by atoms with Crippen LogP contribution >= 0.6 is 11.6 Å². The third-order valence-corrected chi connectivity index (χ3v) is 4.37. The molecule has 0 aromatic heterocycles. The van der Waals surface area contributed by atoms with E-state index in [1.807, 2.05) is 6.07 Å². The molecule has 2 rings (SSSR count). The molecule has 0 bridgehead atoms. The minimum atomic E-state index is 0.0966. The van der Waals surface area contributed by atoms with Crippen LogP contribution in [0.1, 0.15) is 31.4 Å². The minimum Gasteiger partial charge on any atom is -0.508 e. The van der Waals surface area contributed by atoms with Crippen molar-refractivity contribution in [2.24, 2.45) is 5.92 Å². The van der Waals surface area contributed by atoms with Gasteiger partial charge in [0.05, 0.1) is 0 Å². The third kappa shape index (κ3) is 3.25. The van der Waals surface area contributed by atoms with Crippen molar-refractivity contribution < 1.29 is 9.90 Å². The minimum absolute atomic E-state index is 0.0966. The fourth-order valence-electron chi connectivity index (χ4n) is 2.81. The summed E-state index contributed by atoms with van der Waals surface area (Å²) in [6.45, 7) is 3.77. The molecule has 1 aliphatic heterocycles. The predicted octanol–water partition coefficient (Wildman–Crippen LogP) is 2.56. The van der Waals surface area contributed by atoms with E-state index in [0.717, 1.165) is 31.5 Å². The molecule has 5 heteroatoms. The van der Waals surface area contributed by atoms with Gasteiger partial charge < -0.3 is 10.4 Å². The quantitative estimate of drug-likeness (QED) is 0.901. The molecule has 110 valence electrons. The van der Waals surface area contributed by atoms with E-state index in [1.54, 1.807) is 19.2 Å². The molecule has 1 aromatic rings. The second-order valence-corrected chi connectivity index (χ2v) is 5.74. The maximum atomic E-state index is 11.6. The zero-order valence-electron chi connectivity index (χ0n) is 11.9. The van der Waals surface area contributed by atoms with Crippen molar-refractivity contribution in [3.63, 3.8) is 0 Å². The van der Waals surface area contributed by atoms with Crippen molar-refractivity contribution in [1.29, 1.82) is 0 Å². The zero-order chi connectivity index (χ0) is 14.7. The average molecular weight is 297 g/mol. The maximum Gasteiger partial charge on any atom is 0.222 e. The number of phenols is 1. The maximum absolute atomic E-state index is 11.6. The summed E-state index contributed by atoms with van der Waals surface area (Å²) in [6, 6.07) is 5.22. The summed E-state index contributed by atoms with van der Waals surface area (Å²) in [7, 11) is 1.68. The summed E-state index contributed by atoms with van der Waals surface area (Å²) in [5.41, 5.74) is 0.843. The zero-order valence-corrected chi connectivity index (χ0v) is 12.7. The lowest BCUT2D eigenvalue weighted by molar-refractivity contribution is -0.126. The molecule has 1 atom stereocenters. The van der Waals surface area contributed by atoms with E-state index in [1.165, 1.54) is 0 Å². The molecule has 0 spiro atoms. The average Bonchev–Trinajstić information content (AvgIpc) is 2.48. The monoisotopic (exact) mass is 296 g/mol. The molecule has 1 saturated heterocycles. The number of hydrogen-bond acceptors (Lipinski definition) is 3. The van der Waals surface area contributed by atoms with Gasteiger partial charge in [0.1, 0.15) is 5.75 Å². The normalized spacial score (nSPS) is 18.8. The molecule has 0 radical (unpaired) electrons. The van der Waals surface area contributed by atoms with Gasteiger partial charge in [-0.05, 0) is 51.1 Å². The molecule has 20 heavy (non-hydrogen) atoms. The largest absolute Gasteiger partial charge is 0.508 e. The van der Waals surface area contributed by atoms with Crippen molar-refractivity contribution in [2.45, 2.75) is 25.8 Å². The summed E-state index contributed by atoms with van der Waals surface area (Å²) in [5.74, 6) is 0.509. The molecule has 0 aliphatic carbocycles. The Kier molecular flexibility index (Phi) is 4.89. The second kappa shape index (κ2) is 6.46. The molecule has 1 amide bonds. The molecule has 1 fully saturated rings. The summed E-state index contributed by atoms with van der Waals surface area (Å²) >= 11 is 6.00. The highest BCUT2D eigenvalue weighted by atomic mass is 35.5. The van der Waals surface area contributed by atoms with Crippen molar-refractivity contribution in [1.82, 2.24) is 10.2 Å². The molecule has 1 heterocycles. The lowest BCUT2D eigenvalue weighted by Gasteiger charge is -2.35.